The first kappa shape index (κ1) is 31.3. The number of carbonyl (C=O) groups is 3. The molecule has 222 valence electrons. The molecule has 0 saturated carbocycles. The number of rotatable bonds is 12. The van der Waals surface area contributed by atoms with Crippen molar-refractivity contribution in [2.24, 2.45) is 5.41 Å². The minimum atomic E-state index is -1.04. The predicted octanol–water partition coefficient (Wildman–Crippen LogP) is 7.14. The van der Waals surface area contributed by atoms with Crippen molar-refractivity contribution in [3.8, 4) is 5.75 Å². The Kier molecular flexibility index (Phi) is 10.2. The molecule has 1 atom stereocenters. The number of hydrogen-bond acceptors (Lipinski definition) is 5. The minimum Gasteiger partial charge on any atom is -0.492 e. The van der Waals surface area contributed by atoms with Crippen LogP contribution < -0.4 is 15.0 Å². The Morgan fingerprint density at radius 1 is 0.884 bits per heavy atom. The normalized spacial score (nSPS) is 11.8. The van der Waals surface area contributed by atoms with Gasteiger partial charge in [0.05, 0.1) is 6.54 Å². The van der Waals surface area contributed by atoms with Gasteiger partial charge in [-0.2, -0.15) is 0 Å². The van der Waals surface area contributed by atoms with Crippen molar-refractivity contribution in [1.29, 1.82) is 0 Å². The topological polar surface area (TPSA) is 95.9 Å². The molecule has 0 aliphatic heterocycles. The van der Waals surface area contributed by atoms with Gasteiger partial charge in [-0.05, 0) is 48.0 Å². The third-order valence-electron chi connectivity index (χ3n) is 6.79. The number of amides is 1. The summed E-state index contributed by atoms with van der Waals surface area (Å²) in [6.07, 6.45) is 0.187. The van der Waals surface area contributed by atoms with Crippen molar-refractivity contribution in [3.63, 3.8) is 0 Å². The molecular weight excluding hydrogens is 564 g/mol. The molecule has 0 bridgehead atoms. The van der Waals surface area contributed by atoms with Crippen molar-refractivity contribution in [1.82, 2.24) is 0 Å². The Bertz CT molecular complexity index is 1570. The fourth-order valence-corrected chi connectivity index (χ4v) is 4.73. The van der Waals surface area contributed by atoms with Crippen molar-refractivity contribution in [3.05, 3.63) is 125 Å². The molecule has 0 heterocycles. The molecule has 4 rings (SSSR count). The number of nitrogens with one attached hydrogen (secondary N) is 1. The number of aliphatic carboxylic acids is 1. The first-order valence-electron chi connectivity index (χ1n) is 14.0. The van der Waals surface area contributed by atoms with E-state index >= 15 is 0 Å². The summed E-state index contributed by atoms with van der Waals surface area (Å²) in [6, 6.07) is 29.1. The zero-order valence-electron chi connectivity index (χ0n) is 24.4. The van der Waals surface area contributed by atoms with Gasteiger partial charge in [-0.15, -0.1) is 0 Å². The van der Waals surface area contributed by atoms with Gasteiger partial charge in [0.1, 0.15) is 18.4 Å². The van der Waals surface area contributed by atoms with E-state index in [9.17, 15) is 19.5 Å². The van der Waals surface area contributed by atoms with Crippen molar-refractivity contribution in [2.75, 3.05) is 23.4 Å². The molecule has 7 nitrogen and oxygen atoms in total. The zero-order chi connectivity index (χ0) is 31.0. The number of carboxylic acids is 1. The first-order valence-corrected chi connectivity index (χ1v) is 14.4. The Labute approximate surface area is 257 Å². The number of carbonyl (C=O) groups excluding carboxylic acids is 2. The Hall–Kier alpha value is -4.62. The number of para-hydroxylation sites is 1. The summed E-state index contributed by atoms with van der Waals surface area (Å²) in [5.74, 6) is -0.677. The number of ketones is 1. The second kappa shape index (κ2) is 14.0. The highest BCUT2D eigenvalue weighted by atomic mass is 35.5. The minimum absolute atomic E-state index is 0.0482. The second-order valence-corrected chi connectivity index (χ2v) is 11.6. The molecule has 0 fully saturated rings. The quantitative estimate of drug-likeness (QED) is 0.168. The maximum atomic E-state index is 13.1. The number of anilines is 2. The van der Waals surface area contributed by atoms with Crippen molar-refractivity contribution in [2.45, 2.75) is 33.2 Å². The van der Waals surface area contributed by atoms with Gasteiger partial charge in [0.2, 0.25) is 5.91 Å². The highest BCUT2D eigenvalue weighted by molar-refractivity contribution is 6.31. The molecule has 4 aromatic carbocycles. The van der Waals surface area contributed by atoms with Crippen LogP contribution in [0.1, 0.15) is 42.3 Å². The van der Waals surface area contributed by atoms with Crippen LogP contribution in [0, 0.1) is 5.41 Å². The van der Waals surface area contributed by atoms with Crippen molar-refractivity contribution < 1.29 is 24.2 Å². The molecule has 1 amide bonds. The van der Waals surface area contributed by atoms with E-state index in [-0.39, 0.29) is 24.7 Å². The van der Waals surface area contributed by atoms with Gasteiger partial charge >= 0.3 is 5.97 Å². The standard InChI is InChI=1S/C35H35ClN2O5/c1-35(2,3)34(42)38(27-13-9-12-26(36)23-27)20-21-43-28-18-16-24(17-19-28)22-31(33(40)41)37-30-15-8-7-14-29(30)32(39)25-10-5-4-6-11-25/h4-19,23,31,37H,20-22H2,1-3H3,(H,40,41). The lowest BCUT2D eigenvalue weighted by molar-refractivity contribution is -0.137. The first-order chi connectivity index (χ1) is 20.5. The zero-order valence-corrected chi connectivity index (χ0v) is 25.2. The largest absolute Gasteiger partial charge is 0.492 e. The molecule has 0 radical (unpaired) electrons. The predicted molar refractivity (Wildman–Crippen MR) is 170 cm³/mol. The van der Waals surface area contributed by atoms with Crippen LogP contribution in [0.15, 0.2) is 103 Å². The van der Waals surface area contributed by atoms with Crippen LogP contribution in [0.25, 0.3) is 0 Å². The fraction of sp³-hybridized carbons (Fsp3) is 0.229. The van der Waals surface area contributed by atoms with Gasteiger partial charge in [-0.25, -0.2) is 4.79 Å². The molecule has 0 aromatic heterocycles. The summed E-state index contributed by atoms with van der Waals surface area (Å²) < 4.78 is 5.94. The second-order valence-electron chi connectivity index (χ2n) is 11.2. The summed E-state index contributed by atoms with van der Waals surface area (Å²) >= 11 is 6.17. The van der Waals surface area contributed by atoms with E-state index < -0.39 is 17.4 Å². The maximum Gasteiger partial charge on any atom is 0.326 e. The van der Waals surface area contributed by atoms with E-state index in [1.54, 1.807) is 83.8 Å². The third kappa shape index (κ3) is 8.46. The molecule has 4 aromatic rings. The van der Waals surface area contributed by atoms with Crippen LogP contribution in [-0.4, -0.2) is 42.0 Å². The highest BCUT2D eigenvalue weighted by Crippen LogP contribution is 2.26. The molecule has 0 saturated heterocycles. The maximum absolute atomic E-state index is 13.1. The van der Waals surface area contributed by atoms with Gasteiger partial charge in [-0.3, -0.25) is 9.59 Å². The summed E-state index contributed by atoms with van der Waals surface area (Å²) in [5.41, 5.74) is 2.28. The summed E-state index contributed by atoms with van der Waals surface area (Å²) in [7, 11) is 0. The fourth-order valence-electron chi connectivity index (χ4n) is 4.55. The monoisotopic (exact) mass is 598 g/mol. The molecule has 0 spiro atoms. The Morgan fingerprint density at radius 2 is 1.56 bits per heavy atom. The highest BCUT2D eigenvalue weighted by Gasteiger charge is 2.28. The summed E-state index contributed by atoms with van der Waals surface area (Å²) in [6.45, 7) is 6.17. The average Bonchev–Trinajstić information content (AvgIpc) is 2.99. The van der Waals surface area contributed by atoms with Crippen LogP contribution in [-0.2, 0) is 16.0 Å². The number of nitrogens with zero attached hydrogens (tertiary/aromatic N) is 1. The molecule has 2 N–H and O–H groups in total. The third-order valence-corrected chi connectivity index (χ3v) is 7.02. The Balaban J connectivity index is 1.40. The number of ether oxygens (including phenoxy) is 1. The molecule has 43 heavy (non-hydrogen) atoms. The van der Waals surface area contributed by atoms with Gasteiger partial charge in [0, 0.05) is 39.4 Å². The molecule has 8 heteroatoms. The number of carboxylic acid groups (broad SMARTS) is 1. The van der Waals surface area contributed by atoms with E-state index in [0.29, 0.717) is 39.8 Å². The van der Waals surface area contributed by atoms with E-state index in [0.717, 1.165) is 5.56 Å². The Morgan fingerprint density at radius 3 is 2.21 bits per heavy atom. The van der Waals surface area contributed by atoms with E-state index in [4.69, 9.17) is 16.3 Å². The van der Waals surface area contributed by atoms with E-state index in [2.05, 4.69) is 5.32 Å². The van der Waals surface area contributed by atoms with Crippen LogP contribution >= 0.6 is 11.6 Å². The van der Waals surface area contributed by atoms with Gasteiger partial charge in [0.25, 0.3) is 0 Å². The van der Waals surface area contributed by atoms with Crippen LogP contribution in [0.5, 0.6) is 5.75 Å². The number of benzene rings is 4. The summed E-state index contributed by atoms with van der Waals surface area (Å²) in [5, 5.41) is 13.6. The van der Waals surface area contributed by atoms with Crippen LogP contribution in [0.2, 0.25) is 5.02 Å². The lowest BCUT2D eigenvalue weighted by Gasteiger charge is -2.29. The smallest absolute Gasteiger partial charge is 0.326 e. The van der Waals surface area contributed by atoms with Crippen LogP contribution in [0.4, 0.5) is 11.4 Å². The van der Waals surface area contributed by atoms with Crippen LogP contribution in [0.3, 0.4) is 0 Å². The van der Waals surface area contributed by atoms with Gasteiger partial charge in [0.15, 0.2) is 5.78 Å². The molecular formula is C35H35ClN2O5. The lowest BCUT2D eigenvalue weighted by atomic mass is 9.94. The van der Waals surface area contributed by atoms with Crippen molar-refractivity contribution >= 4 is 40.6 Å². The number of hydrogen-bond donors (Lipinski definition) is 2. The van der Waals surface area contributed by atoms with E-state index in [1.807, 2.05) is 45.0 Å². The average molecular weight is 599 g/mol. The molecule has 1 unspecified atom stereocenters. The molecule has 0 aliphatic carbocycles. The van der Waals surface area contributed by atoms with E-state index in [1.165, 1.54) is 0 Å². The summed E-state index contributed by atoms with van der Waals surface area (Å²) in [4.78, 5) is 40.1. The lowest BCUT2D eigenvalue weighted by Crippen LogP contribution is -2.41. The molecule has 0 aliphatic rings. The number of halogens is 1. The SMILES string of the molecule is CC(C)(C)C(=O)N(CCOc1ccc(CC(Nc2ccccc2C(=O)c2ccccc2)C(=O)O)cc1)c1cccc(Cl)c1. The van der Waals surface area contributed by atoms with Gasteiger partial charge < -0.3 is 20.1 Å². The van der Waals surface area contributed by atoms with Gasteiger partial charge in [-0.1, -0.05) is 93.0 Å².